The molecular weight excluding hydrogens is 289 g/mol. The molecule has 1 saturated heterocycles. The Morgan fingerprint density at radius 3 is 2.62 bits per heavy atom. The standard InChI is InChI=1S/C15H28FN3OS/c1-6-19(11-15(2,3)16)10-13-9-18(5)14(21-13)20-12-7-17(4)8-12/h9,12,14H,6-8,10-11H2,1-5H3. The van der Waals surface area contributed by atoms with Crippen LogP contribution >= 0.6 is 11.8 Å². The molecule has 0 N–H and O–H groups in total. The maximum Gasteiger partial charge on any atom is 0.182 e. The average Bonchev–Trinajstić information content (AvgIpc) is 2.65. The summed E-state index contributed by atoms with van der Waals surface area (Å²) in [6.45, 7) is 9.48. The molecule has 0 spiro atoms. The van der Waals surface area contributed by atoms with Crippen LogP contribution in [0.5, 0.6) is 0 Å². The number of thioether (sulfide) groups is 1. The highest BCUT2D eigenvalue weighted by Gasteiger charge is 2.32. The Bertz CT molecular complexity index is 380. The van der Waals surface area contributed by atoms with E-state index in [1.807, 2.05) is 7.05 Å². The zero-order chi connectivity index (χ0) is 15.6. The van der Waals surface area contributed by atoms with Crippen molar-refractivity contribution in [2.24, 2.45) is 0 Å². The third-order valence-corrected chi connectivity index (χ3v) is 4.88. The van der Waals surface area contributed by atoms with Gasteiger partial charge in [-0.1, -0.05) is 18.7 Å². The first-order valence-corrected chi connectivity index (χ1v) is 8.49. The van der Waals surface area contributed by atoms with Crippen molar-refractivity contribution in [3.8, 4) is 0 Å². The van der Waals surface area contributed by atoms with Crippen LogP contribution in [0.15, 0.2) is 11.1 Å². The molecule has 1 unspecified atom stereocenters. The van der Waals surface area contributed by atoms with Crippen LogP contribution in [0, 0.1) is 0 Å². The van der Waals surface area contributed by atoms with Crippen LogP contribution < -0.4 is 0 Å². The van der Waals surface area contributed by atoms with E-state index < -0.39 is 5.67 Å². The smallest absolute Gasteiger partial charge is 0.182 e. The molecular formula is C15H28FN3OS. The number of likely N-dealkylation sites (N-methyl/N-ethyl adjacent to an activating group) is 2. The average molecular weight is 317 g/mol. The summed E-state index contributed by atoms with van der Waals surface area (Å²) in [4.78, 5) is 7.76. The SMILES string of the molecule is CCN(CC1=CN(C)C(OC2CN(C)C2)S1)CC(C)(C)F. The lowest BCUT2D eigenvalue weighted by Crippen LogP contribution is -2.51. The summed E-state index contributed by atoms with van der Waals surface area (Å²) < 4.78 is 19.9. The van der Waals surface area contributed by atoms with Crippen molar-refractivity contribution in [3.63, 3.8) is 0 Å². The molecule has 1 atom stereocenters. The van der Waals surface area contributed by atoms with E-state index >= 15 is 0 Å². The summed E-state index contributed by atoms with van der Waals surface area (Å²) in [7, 11) is 4.15. The number of nitrogens with zero attached hydrogens (tertiary/aromatic N) is 3. The maximum absolute atomic E-state index is 13.8. The number of halogens is 1. The second-order valence-electron chi connectivity index (χ2n) is 6.69. The minimum atomic E-state index is -1.15. The first kappa shape index (κ1) is 17.1. The van der Waals surface area contributed by atoms with E-state index in [4.69, 9.17) is 4.74 Å². The van der Waals surface area contributed by atoms with E-state index in [1.165, 1.54) is 4.91 Å². The fraction of sp³-hybridized carbons (Fsp3) is 0.867. The molecule has 0 aliphatic carbocycles. The fourth-order valence-electron chi connectivity index (χ4n) is 2.66. The van der Waals surface area contributed by atoms with Crippen LogP contribution in [0.2, 0.25) is 0 Å². The predicted octanol–water partition coefficient (Wildman–Crippen LogP) is 2.19. The second-order valence-corrected chi connectivity index (χ2v) is 7.85. The topological polar surface area (TPSA) is 19.0 Å². The number of ether oxygens (including phenoxy) is 1. The summed E-state index contributed by atoms with van der Waals surface area (Å²) in [6.07, 6.45) is 2.47. The van der Waals surface area contributed by atoms with Gasteiger partial charge >= 0.3 is 0 Å². The molecule has 0 bridgehead atoms. The van der Waals surface area contributed by atoms with Crippen molar-refractivity contribution < 1.29 is 9.13 Å². The van der Waals surface area contributed by atoms with Gasteiger partial charge in [-0.25, -0.2) is 4.39 Å². The molecule has 122 valence electrons. The Kier molecular flexibility index (Phi) is 5.57. The van der Waals surface area contributed by atoms with Gasteiger partial charge in [0.25, 0.3) is 0 Å². The van der Waals surface area contributed by atoms with Gasteiger partial charge in [-0.15, -0.1) is 0 Å². The normalized spacial score (nSPS) is 24.6. The Hall–Kier alpha value is -0.300. The van der Waals surface area contributed by atoms with E-state index in [0.717, 1.165) is 26.2 Å². The Labute approximate surface area is 132 Å². The molecule has 0 aromatic rings. The molecule has 2 aliphatic heterocycles. The molecule has 6 heteroatoms. The van der Waals surface area contributed by atoms with Gasteiger partial charge in [0, 0.05) is 44.3 Å². The summed E-state index contributed by atoms with van der Waals surface area (Å²) in [5, 5.41) is 0. The highest BCUT2D eigenvalue weighted by atomic mass is 32.2. The Balaban J connectivity index is 1.80. The monoisotopic (exact) mass is 317 g/mol. The van der Waals surface area contributed by atoms with Gasteiger partial charge < -0.3 is 14.5 Å². The van der Waals surface area contributed by atoms with Crippen LogP contribution in [0.25, 0.3) is 0 Å². The van der Waals surface area contributed by atoms with Crippen molar-refractivity contribution in [1.29, 1.82) is 0 Å². The number of hydrogen-bond donors (Lipinski definition) is 0. The fourth-order valence-corrected chi connectivity index (χ4v) is 3.84. The van der Waals surface area contributed by atoms with Crippen LogP contribution in [0.1, 0.15) is 20.8 Å². The van der Waals surface area contributed by atoms with Gasteiger partial charge in [-0.2, -0.15) is 0 Å². The van der Waals surface area contributed by atoms with Crippen LogP contribution in [-0.4, -0.2) is 78.9 Å². The van der Waals surface area contributed by atoms with E-state index in [0.29, 0.717) is 12.6 Å². The molecule has 2 heterocycles. The largest absolute Gasteiger partial charge is 0.346 e. The molecule has 21 heavy (non-hydrogen) atoms. The summed E-state index contributed by atoms with van der Waals surface area (Å²) in [5.74, 6) is 0. The van der Waals surface area contributed by atoms with Crippen LogP contribution in [0.4, 0.5) is 4.39 Å². The van der Waals surface area contributed by atoms with E-state index in [9.17, 15) is 4.39 Å². The van der Waals surface area contributed by atoms with Gasteiger partial charge in [-0.3, -0.25) is 4.90 Å². The van der Waals surface area contributed by atoms with Crippen molar-refractivity contribution >= 4 is 11.8 Å². The van der Waals surface area contributed by atoms with Crippen molar-refractivity contribution in [3.05, 3.63) is 11.1 Å². The lowest BCUT2D eigenvalue weighted by Gasteiger charge is -2.38. The minimum absolute atomic E-state index is 0.0655. The number of hydrogen-bond acceptors (Lipinski definition) is 5. The highest BCUT2D eigenvalue weighted by molar-refractivity contribution is 8.03. The minimum Gasteiger partial charge on any atom is -0.346 e. The lowest BCUT2D eigenvalue weighted by molar-refractivity contribution is -0.0850. The molecule has 0 saturated carbocycles. The summed E-state index contributed by atoms with van der Waals surface area (Å²) >= 11 is 1.75. The quantitative estimate of drug-likeness (QED) is 0.714. The molecule has 1 fully saturated rings. The van der Waals surface area contributed by atoms with Crippen molar-refractivity contribution in [1.82, 2.24) is 14.7 Å². The van der Waals surface area contributed by atoms with Gasteiger partial charge in [0.15, 0.2) is 5.56 Å². The third-order valence-electron chi connectivity index (χ3n) is 3.70. The van der Waals surface area contributed by atoms with E-state index in [-0.39, 0.29) is 5.56 Å². The number of likely N-dealkylation sites (tertiary alicyclic amines) is 1. The van der Waals surface area contributed by atoms with Gasteiger partial charge in [0.05, 0.1) is 6.10 Å². The maximum atomic E-state index is 13.8. The molecule has 2 rings (SSSR count). The Morgan fingerprint density at radius 1 is 1.43 bits per heavy atom. The van der Waals surface area contributed by atoms with Crippen LogP contribution in [0.3, 0.4) is 0 Å². The first-order chi connectivity index (χ1) is 9.76. The van der Waals surface area contributed by atoms with Gasteiger partial charge in [-0.05, 0) is 27.4 Å². The van der Waals surface area contributed by atoms with Crippen LogP contribution in [-0.2, 0) is 4.74 Å². The number of alkyl halides is 1. The zero-order valence-corrected chi connectivity index (χ0v) is 14.6. The summed E-state index contributed by atoms with van der Waals surface area (Å²) in [5.41, 5.74) is -1.09. The zero-order valence-electron chi connectivity index (χ0n) is 13.8. The molecule has 2 aliphatic rings. The number of rotatable bonds is 7. The Morgan fingerprint density at radius 2 is 2.10 bits per heavy atom. The van der Waals surface area contributed by atoms with Gasteiger partial charge in [0.2, 0.25) is 0 Å². The highest BCUT2D eigenvalue weighted by Crippen LogP contribution is 2.34. The lowest BCUT2D eigenvalue weighted by atomic mass is 10.1. The molecule has 4 nitrogen and oxygen atoms in total. The first-order valence-electron chi connectivity index (χ1n) is 7.61. The van der Waals surface area contributed by atoms with Crippen molar-refractivity contribution in [2.75, 3.05) is 46.8 Å². The predicted molar refractivity (Wildman–Crippen MR) is 86.9 cm³/mol. The molecule has 0 radical (unpaired) electrons. The van der Waals surface area contributed by atoms with E-state index in [1.54, 1.807) is 25.6 Å². The molecule has 0 aromatic heterocycles. The summed E-state index contributed by atoms with van der Waals surface area (Å²) in [6, 6.07) is 0. The van der Waals surface area contributed by atoms with E-state index in [2.05, 4.69) is 34.9 Å². The second kappa shape index (κ2) is 6.86. The third kappa shape index (κ3) is 5.13. The molecule has 0 amide bonds. The van der Waals surface area contributed by atoms with Gasteiger partial charge in [0.1, 0.15) is 5.67 Å². The van der Waals surface area contributed by atoms with Crippen molar-refractivity contribution in [2.45, 2.75) is 38.1 Å². The molecule has 0 aromatic carbocycles.